The Morgan fingerprint density at radius 1 is 1.50 bits per heavy atom. The van der Waals surface area contributed by atoms with Gasteiger partial charge in [-0.05, 0) is 31.4 Å². The number of aryl methyl sites for hydroxylation is 1. The Kier molecular flexibility index (Phi) is 3.51. The lowest BCUT2D eigenvalue weighted by Crippen LogP contribution is -2.26. The lowest BCUT2D eigenvalue weighted by atomic mass is 10.3. The molecule has 98 valence electrons. The molecule has 18 heavy (non-hydrogen) atoms. The second-order valence-corrected chi connectivity index (χ2v) is 6.52. The van der Waals surface area contributed by atoms with Crippen molar-refractivity contribution in [1.29, 1.82) is 0 Å². The molecular weight excluding hydrogens is 272 g/mol. The number of nitrogens with zero attached hydrogens (tertiary/aromatic N) is 3. The number of nitrogens with one attached hydrogen (secondary N) is 1. The minimum absolute atomic E-state index is 0.210. The van der Waals surface area contributed by atoms with E-state index in [1.807, 2.05) is 0 Å². The highest BCUT2D eigenvalue weighted by atomic mass is 32.2. The molecule has 1 atom stereocenters. The summed E-state index contributed by atoms with van der Waals surface area (Å²) in [4.78, 5) is 1.08. The van der Waals surface area contributed by atoms with Crippen LogP contribution in [0.1, 0.15) is 23.5 Å². The Morgan fingerprint density at radius 3 is 2.72 bits per heavy atom. The summed E-state index contributed by atoms with van der Waals surface area (Å²) in [7, 11) is -1.84. The van der Waals surface area contributed by atoms with Crippen LogP contribution in [0, 0.1) is 6.92 Å². The van der Waals surface area contributed by atoms with E-state index < -0.39 is 10.0 Å². The van der Waals surface area contributed by atoms with Gasteiger partial charge < -0.3 is 0 Å². The first-order valence-corrected chi connectivity index (χ1v) is 7.59. The molecule has 0 amide bonds. The zero-order chi connectivity index (χ0) is 13.3. The van der Waals surface area contributed by atoms with Crippen LogP contribution in [0.25, 0.3) is 0 Å². The smallest absolute Gasteiger partial charge is 0.244 e. The van der Waals surface area contributed by atoms with E-state index in [0.717, 1.165) is 4.88 Å². The topological polar surface area (TPSA) is 76.9 Å². The van der Waals surface area contributed by atoms with E-state index in [1.165, 1.54) is 22.4 Å². The maximum Gasteiger partial charge on any atom is 0.244 e. The van der Waals surface area contributed by atoms with E-state index >= 15 is 0 Å². The number of hydrogen-bond acceptors (Lipinski definition) is 5. The molecule has 0 aromatic carbocycles. The molecule has 2 heterocycles. The third-order valence-corrected chi connectivity index (χ3v) is 5.27. The molecule has 0 aliphatic heterocycles. The van der Waals surface area contributed by atoms with E-state index in [4.69, 9.17) is 0 Å². The van der Waals surface area contributed by atoms with Crippen LogP contribution in [-0.2, 0) is 17.1 Å². The first-order valence-electron chi connectivity index (χ1n) is 5.33. The minimum atomic E-state index is -3.55. The zero-order valence-corrected chi connectivity index (χ0v) is 11.9. The fourth-order valence-corrected chi connectivity index (χ4v) is 3.63. The van der Waals surface area contributed by atoms with Crippen molar-refractivity contribution < 1.29 is 8.42 Å². The average Bonchev–Trinajstić information content (AvgIpc) is 2.89. The summed E-state index contributed by atoms with van der Waals surface area (Å²) >= 11 is 1.28. The second kappa shape index (κ2) is 4.79. The van der Waals surface area contributed by atoms with Gasteiger partial charge in [0, 0.05) is 18.1 Å². The average molecular weight is 286 g/mol. The van der Waals surface area contributed by atoms with E-state index in [-0.39, 0.29) is 10.9 Å². The lowest BCUT2D eigenvalue weighted by molar-refractivity contribution is 0.567. The fourth-order valence-electron chi connectivity index (χ4n) is 1.55. The van der Waals surface area contributed by atoms with Crippen LogP contribution in [0.5, 0.6) is 0 Å². The van der Waals surface area contributed by atoms with Crippen LogP contribution in [0.15, 0.2) is 23.4 Å². The molecule has 0 bridgehead atoms. The Balaban J connectivity index is 2.25. The lowest BCUT2D eigenvalue weighted by Gasteiger charge is -2.11. The largest absolute Gasteiger partial charge is 0.272 e. The molecule has 0 aliphatic carbocycles. The highest BCUT2D eigenvalue weighted by Gasteiger charge is 2.23. The predicted octanol–water partition coefficient (Wildman–Crippen LogP) is 1.22. The molecule has 1 unspecified atom stereocenters. The first kappa shape index (κ1) is 13.2. The van der Waals surface area contributed by atoms with Gasteiger partial charge in [-0.15, -0.1) is 0 Å². The van der Waals surface area contributed by atoms with Crippen molar-refractivity contribution in [2.45, 2.75) is 24.8 Å². The quantitative estimate of drug-likeness (QED) is 0.917. The Labute approximate surface area is 110 Å². The molecule has 0 saturated heterocycles. The molecule has 2 rings (SSSR count). The van der Waals surface area contributed by atoms with E-state index in [0.29, 0.717) is 5.69 Å². The summed E-state index contributed by atoms with van der Waals surface area (Å²) in [6.07, 6.45) is 3.01. The van der Waals surface area contributed by atoms with Crippen LogP contribution in [-0.4, -0.2) is 22.6 Å². The summed E-state index contributed by atoms with van der Waals surface area (Å²) in [5.41, 5.74) is 0.610. The van der Waals surface area contributed by atoms with Gasteiger partial charge in [-0.3, -0.25) is 4.68 Å². The highest BCUT2D eigenvalue weighted by Crippen LogP contribution is 2.20. The summed E-state index contributed by atoms with van der Waals surface area (Å²) in [5.74, 6) is 0. The van der Waals surface area contributed by atoms with Crippen LogP contribution in [0.4, 0.5) is 0 Å². The SMILES string of the molecule is Cc1c(S(=O)(=O)NC(C)c2ccns2)cnn1C. The molecular formula is C10H14N4O2S2. The minimum Gasteiger partial charge on any atom is -0.272 e. The van der Waals surface area contributed by atoms with Crippen LogP contribution in [0.3, 0.4) is 0 Å². The number of sulfonamides is 1. The molecule has 2 aromatic rings. The molecule has 0 radical (unpaired) electrons. The third kappa shape index (κ3) is 2.45. The molecule has 0 aliphatic rings. The first-order chi connectivity index (χ1) is 8.42. The van der Waals surface area contributed by atoms with Gasteiger partial charge in [-0.1, -0.05) is 0 Å². The van der Waals surface area contributed by atoms with Gasteiger partial charge in [0.25, 0.3) is 0 Å². The zero-order valence-electron chi connectivity index (χ0n) is 10.3. The van der Waals surface area contributed by atoms with Crippen molar-refractivity contribution in [3.8, 4) is 0 Å². The van der Waals surface area contributed by atoms with Crippen LogP contribution in [0.2, 0.25) is 0 Å². The van der Waals surface area contributed by atoms with Crippen molar-refractivity contribution >= 4 is 21.6 Å². The monoisotopic (exact) mass is 286 g/mol. The van der Waals surface area contributed by atoms with Crippen molar-refractivity contribution in [2.75, 3.05) is 0 Å². The Bertz CT molecular complexity index is 631. The summed E-state index contributed by atoms with van der Waals surface area (Å²) in [5, 5.41) is 3.94. The Hall–Kier alpha value is -1.25. The van der Waals surface area contributed by atoms with Crippen molar-refractivity contribution in [1.82, 2.24) is 18.9 Å². The normalized spacial score (nSPS) is 13.7. The molecule has 1 N–H and O–H groups in total. The fraction of sp³-hybridized carbons (Fsp3) is 0.400. The summed E-state index contributed by atoms with van der Waals surface area (Å²) in [6, 6.07) is 1.50. The molecule has 0 fully saturated rings. The molecule has 0 saturated carbocycles. The van der Waals surface area contributed by atoms with E-state index in [2.05, 4.69) is 14.2 Å². The number of aromatic nitrogens is 3. The Morgan fingerprint density at radius 2 is 2.22 bits per heavy atom. The van der Waals surface area contributed by atoms with Gasteiger partial charge in [0.2, 0.25) is 10.0 Å². The van der Waals surface area contributed by atoms with Crippen molar-refractivity contribution in [3.63, 3.8) is 0 Å². The molecule has 2 aromatic heterocycles. The standard InChI is InChI=1S/C10H14N4O2S2/c1-7(9-4-5-12-17-9)13-18(15,16)10-6-11-14(3)8(10)2/h4-7,13H,1-3H3. The molecule has 6 nitrogen and oxygen atoms in total. The van der Waals surface area contributed by atoms with Gasteiger partial charge in [0.1, 0.15) is 4.90 Å². The van der Waals surface area contributed by atoms with E-state index in [9.17, 15) is 8.42 Å². The van der Waals surface area contributed by atoms with Gasteiger partial charge in [-0.25, -0.2) is 17.5 Å². The van der Waals surface area contributed by atoms with Gasteiger partial charge in [0.05, 0.1) is 17.9 Å². The summed E-state index contributed by atoms with van der Waals surface area (Å²) in [6.45, 7) is 3.51. The van der Waals surface area contributed by atoms with E-state index in [1.54, 1.807) is 33.2 Å². The number of hydrogen-bond donors (Lipinski definition) is 1. The third-order valence-electron chi connectivity index (χ3n) is 2.70. The van der Waals surface area contributed by atoms with Gasteiger partial charge in [0.15, 0.2) is 0 Å². The van der Waals surface area contributed by atoms with Crippen LogP contribution >= 0.6 is 11.5 Å². The summed E-state index contributed by atoms with van der Waals surface area (Å²) < 4.78 is 32.5. The molecule has 8 heteroatoms. The maximum absolute atomic E-state index is 12.2. The van der Waals surface area contributed by atoms with Crippen molar-refractivity contribution in [3.05, 3.63) is 29.0 Å². The van der Waals surface area contributed by atoms with Crippen LogP contribution < -0.4 is 4.72 Å². The predicted molar refractivity (Wildman–Crippen MR) is 68.8 cm³/mol. The molecule has 0 spiro atoms. The highest BCUT2D eigenvalue weighted by molar-refractivity contribution is 7.89. The second-order valence-electron chi connectivity index (χ2n) is 3.98. The maximum atomic E-state index is 12.2. The van der Waals surface area contributed by atoms with Gasteiger partial charge >= 0.3 is 0 Å². The van der Waals surface area contributed by atoms with Gasteiger partial charge in [-0.2, -0.15) is 5.10 Å². The van der Waals surface area contributed by atoms with Crippen molar-refractivity contribution in [2.24, 2.45) is 7.05 Å². The number of rotatable bonds is 4.